The number of aliphatic hydroxyl groups excluding tert-OH is 2. The van der Waals surface area contributed by atoms with E-state index in [1.807, 2.05) is 0 Å². The molecule has 265 valence electrons. The molecule has 0 aliphatic heterocycles. The Kier molecular flexibility index (Phi) is 15.1. The van der Waals surface area contributed by atoms with E-state index in [0.717, 1.165) is 36.4 Å². The molecule has 0 fully saturated rings. The van der Waals surface area contributed by atoms with E-state index in [1.54, 1.807) is 60.7 Å². The van der Waals surface area contributed by atoms with Gasteiger partial charge >= 0.3 is 0 Å². The Balaban J connectivity index is 0.000000347. The molecule has 0 unspecified atom stereocenters. The number of nitrogens with one attached hydrogen (secondary N) is 2. The molecule has 4 aromatic carbocycles. The molecule has 4 rings (SSSR count). The van der Waals surface area contributed by atoms with Crippen molar-refractivity contribution in [2.24, 2.45) is 20.5 Å². The van der Waals surface area contributed by atoms with Gasteiger partial charge < -0.3 is 31.1 Å². The standard InChI is InChI=1S/2C16H14N4O5.Co/c2*1-10(21)15(16(23)17-11-5-3-2-4-6-11)19-18-13-9-12(20(24)25)7-8-14(13)22;/h2*2-9,21-22H,1H3,(H,17,23);/b2*15-10-,19-18?;. The van der Waals surface area contributed by atoms with E-state index in [4.69, 9.17) is 0 Å². The number of azo groups is 2. The number of carbonyl (C=O) groups excluding carboxylic acids is 2. The fourth-order valence-electron chi connectivity index (χ4n) is 3.61. The maximum atomic E-state index is 12.2. The van der Waals surface area contributed by atoms with Crippen molar-refractivity contribution in [2.45, 2.75) is 13.8 Å². The number of non-ortho nitro benzene ring substituents is 2. The number of para-hydroxylation sites is 2. The molecule has 1 radical (unpaired) electrons. The molecule has 0 spiro atoms. The summed E-state index contributed by atoms with van der Waals surface area (Å²) in [6, 6.07) is 23.4. The van der Waals surface area contributed by atoms with Crippen LogP contribution in [0.5, 0.6) is 11.5 Å². The van der Waals surface area contributed by atoms with Gasteiger partial charge in [-0.05, 0) is 50.2 Å². The summed E-state index contributed by atoms with van der Waals surface area (Å²) >= 11 is 0. The predicted octanol–water partition coefficient (Wildman–Crippen LogP) is 7.62. The molecule has 0 aliphatic rings. The van der Waals surface area contributed by atoms with Gasteiger partial charge in [-0.15, -0.1) is 20.5 Å². The van der Waals surface area contributed by atoms with E-state index in [-0.39, 0.29) is 51.0 Å². The van der Waals surface area contributed by atoms with Crippen molar-refractivity contribution in [1.29, 1.82) is 0 Å². The third-order valence-corrected chi connectivity index (χ3v) is 6.03. The zero-order valence-corrected chi connectivity index (χ0v) is 27.5. The van der Waals surface area contributed by atoms with Crippen LogP contribution in [0.3, 0.4) is 0 Å². The topological polar surface area (TPSA) is 275 Å². The van der Waals surface area contributed by atoms with Gasteiger partial charge in [0.15, 0.2) is 11.4 Å². The van der Waals surface area contributed by atoms with Crippen LogP contribution >= 0.6 is 0 Å². The first-order valence-corrected chi connectivity index (χ1v) is 14.1. The third-order valence-electron chi connectivity index (χ3n) is 6.03. The quantitative estimate of drug-likeness (QED) is 0.0304. The summed E-state index contributed by atoms with van der Waals surface area (Å²) in [6.07, 6.45) is 0. The van der Waals surface area contributed by atoms with Crippen LogP contribution in [0.1, 0.15) is 13.8 Å². The number of phenols is 2. The Morgan fingerprint density at radius 2 is 0.941 bits per heavy atom. The Morgan fingerprint density at radius 1 is 0.608 bits per heavy atom. The number of hydrogen-bond donors (Lipinski definition) is 6. The molecule has 19 heteroatoms. The number of aliphatic hydroxyl groups is 2. The van der Waals surface area contributed by atoms with Crippen molar-refractivity contribution in [2.75, 3.05) is 10.6 Å². The molecular weight excluding hydrogens is 715 g/mol. The fraction of sp³-hybridized carbons (Fsp3) is 0.0625. The van der Waals surface area contributed by atoms with Gasteiger partial charge in [-0.1, -0.05) is 36.4 Å². The van der Waals surface area contributed by atoms with Crippen LogP contribution in [0.2, 0.25) is 0 Å². The number of rotatable bonds is 10. The number of phenolic OH excluding ortho intramolecular Hbond substituents is 2. The first kappa shape index (κ1) is 40.2. The fourth-order valence-corrected chi connectivity index (χ4v) is 3.61. The molecule has 0 saturated heterocycles. The number of nitrogens with zero attached hydrogens (tertiary/aromatic N) is 6. The minimum Gasteiger partial charge on any atom is -0.510 e. The predicted molar refractivity (Wildman–Crippen MR) is 179 cm³/mol. The average Bonchev–Trinajstić information content (AvgIpc) is 3.07. The smallest absolute Gasteiger partial charge is 0.279 e. The summed E-state index contributed by atoms with van der Waals surface area (Å²) in [5, 5.41) is 79.7. The molecule has 18 nitrogen and oxygen atoms in total. The Bertz CT molecular complexity index is 1870. The first-order valence-electron chi connectivity index (χ1n) is 14.1. The van der Waals surface area contributed by atoms with E-state index in [2.05, 4.69) is 31.1 Å². The SMILES string of the molecule is C/C(O)=C(/N=Nc1cc([N+](=O)[O-])ccc1O)C(=O)Nc1ccccc1.C/C(O)=C(/N=Nc1cc([N+](=O)[O-])ccc1O)C(=O)Nc1ccccc1.[Co]. The summed E-state index contributed by atoms with van der Waals surface area (Å²) in [5.74, 6) is -2.95. The van der Waals surface area contributed by atoms with Gasteiger partial charge in [0.2, 0.25) is 0 Å². The summed E-state index contributed by atoms with van der Waals surface area (Å²) in [6.45, 7) is 2.48. The van der Waals surface area contributed by atoms with E-state index in [9.17, 15) is 50.2 Å². The number of nitro benzene ring substituents is 2. The zero-order chi connectivity index (χ0) is 36.8. The van der Waals surface area contributed by atoms with Gasteiger partial charge in [-0.2, -0.15) is 0 Å². The van der Waals surface area contributed by atoms with Crippen LogP contribution in [-0.2, 0) is 26.4 Å². The maximum Gasteiger partial charge on any atom is 0.279 e. The van der Waals surface area contributed by atoms with Crippen molar-refractivity contribution in [3.05, 3.63) is 140 Å². The number of carbonyl (C=O) groups is 2. The van der Waals surface area contributed by atoms with Gasteiger partial charge in [-0.25, -0.2) is 0 Å². The average molecular weight is 744 g/mol. The van der Waals surface area contributed by atoms with Gasteiger partial charge in [0, 0.05) is 52.4 Å². The monoisotopic (exact) mass is 743 g/mol. The molecule has 4 aromatic rings. The van der Waals surface area contributed by atoms with Gasteiger partial charge in [0.25, 0.3) is 23.2 Å². The molecule has 0 aliphatic carbocycles. The third kappa shape index (κ3) is 12.2. The molecule has 0 saturated carbocycles. The number of aromatic hydroxyl groups is 2. The van der Waals surface area contributed by atoms with Crippen molar-refractivity contribution >= 4 is 45.9 Å². The van der Waals surface area contributed by atoms with Gasteiger partial charge in [0.1, 0.15) is 34.4 Å². The van der Waals surface area contributed by atoms with E-state index < -0.39 is 44.6 Å². The van der Waals surface area contributed by atoms with E-state index >= 15 is 0 Å². The van der Waals surface area contributed by atoms with Crippen LogP contribution in [0.15, 0.2) is 140 Å². The van der Waals surface area contributed by atoms with Crippen LogP contribution in [-0.4, -0.2) is 42.1 Å². The summed E-state index contributed by atoms with van der Waals surface area (Å²) in [7, 11) is 0. The number of hydrogen-bond acceptors (Lipinski definition) is 14. The number of nitro groups is 2. The second-order valence-corrected chi connectivity index (χ2v) is 9.77. The second-order valence-electron chi connectivity index (χ2n) is 9.77. The molecule has 51 heavy (non-hydrogen) atoms. The largest absolute Gasteiger partial charge is 0.510 e. The van der Waals surface area contributed by atoms with Gasteiger partial charge in [0.05, 0.1) is 9.85 Å². The first-order chi connectivity index (χ1) is 23.8. The molecule has 0 bridgehead atoms. The summed E-state index contributed by atoms with van der Waals surface area (Å²) < 4.78 is 0. The summed E-state index contributed by atoms with van der Waals surface area (Å²) in [4.78, 5) is 44.6. The van der Waals surface area contributed by atoms with Crippen LogP contribution < -0.4 is 10.6 Å². The molecule has 2 amide bonds. The molecule has 0 heterocycles. The normalized spacial score (nSPS) is 11.6. The molecule has 6 N–H and O–H groups in total. The molecule has 0 aromatic heterocycles. The molecular formula is C32H28CoN8O10. The Hall–Kier alpha value is -6.99. The van der Waals surface area contributed by atoms with E-state index in [1.165, 1.54) is 13.8 Å². The molecule has 0 atom stereocenters. The van der Waals surface area contributed by atoms with Crippen molar-refractivity contribution in [3.8, 4) is 11.5 Å². The minimum atomic E-state index is -0.722. The summed E-state index contributed by atoms with van der Waals surface area (Å²) in [5.41, 5.74) is -0.830. The van der Waals surface area contributed by atoms with Crippen LogP contribution in [0.4, 0.5) is 34.1 Å². The number of anilines is 2. The number of amides is 2. The van der Waals surface area contributed by atoms with Crippen LogP contribution in [0, 0.1) is 20.2 Å². The van der Waals surface area contributed by atoms with Crippen molar-refractivity contribution < 1.29 is 56.6 Å². The Labute approximate surface area is 298 Å². The number of allylic oxidation sites excluding steroid dienone is 2. The van der Waals surface area contributed by atoms with Gasteiger partial charge in [-0.3, -0.25) is 29.8 Å². The number of benzene rings is 4. The minimum absolute atomic E-state index is 0. The van der Waals surface area contributed by atoms with Crippen molar-refractivity contribution in [3.63, 3.8) is 0 Å². The second kappa shape index (κ2) is 19.1. The van der Waals surface area contributed by atoms with Crippen LogP contribution in [0.25, 0.3) is 0 Å². The van der Waals surface area contributed by atoms with Crippen molar-refractivity contribution in [1.82, 2.24) is 0 Å². The zero-order valence-electron chi connectivity index (χ0n) is 26.5. The Morgan fingerprint density at radius 3 is 1.24 bits per heavy atom. The van der Waals surface area contributed by atoms with E-state index in [0.29, 0.717) is 11.4 Å². The maximum absolute atomic E-state index is 12.2.